The number of ether oxygens (including phenoxy) is 3. The van der Waals surface area contributed by atoms with E-state index in [2.05, 4.69) is 0 Å². The lowest BCUT2D eigenvalue weighted by atomic mass is 9.89. The summed E-state index contributed by atoms with van der Waals surface area (Å²) in [5, 5.41) is 0. The molecule has 0 unspecified atom stereocenters. The van der Waals surface area contributed by atoms with Crippen molar-refractivity contribution in [1.29, 1.82) is 0 Å². The van der Waals surface area contributed by atoms with Crippen molar-refractivity contribution in [3.63, 3.8) is 0 Å². The maximum absolute atomic E-state index is 12.3. The van der Waals surface area contributed by atoms with Gasteiger partial charge in [-0.3, -0.25) is 14.4 Å². The molecular formula is C21H34O6. The molecule has 0 aromatic rings. The second kappa shape index (κ2) is 10.7. The van der Waals surface area contributed by atoms with Crippen LogP contribution < -0.4 is 0 Å². The molecule has 6 nitrogen and oxygen atoms in total. The van der Waals surface area contributed by atoms with Crippen LogP contribution in [0.25, 0.3) is 0 Å². The largest absolute Gasteiger partial charge is 0.465 e. The highest BCUT2D eigenvalue weighted by atomic mass is 16.6. The van der Waals surface area contributed by atoms with Crippen LogP contribution in [0, 0.1) is 17.3 Å². The normalized spacial score (nSPS) is 19.3. The summed E-state index contributed by atoms with van der Waals surface area (Å²) in [7, 11) is 0. The Kier molecular flexibility index (Phi) is 8.58. The van der Waals surface area contributed by atoms with Gasteiger partial charge < -0.3 is 14.2 Å². The molecule has 27 heavy (non-hydrogen) atoms. The van der Waals surface area contributed by atoms with Crippen LogP contribution in [0.15, 0.2) is 0 Å². The van der Waals surface area contributed by atoms with Crippen LogP contribution >= 0.6 is 0 Å². The molecule has 0 atom stereocenters. The molecule has 2 rings (SSSR count). The first-order valence-electron chi connectivity index (χ1n) is 10.4. The van der Waals surface area contributed by atoms with E-state index < -0.39 is 11.4 Å². The van der Waals surface area contributed by atoms with Gasteiger partial charge in [0.05, 0.1) is 17.3 Å². The van der Waals surface area contributed by atoms with Gasteiger partial charge in [0.25, 0.3) is 0 Å². The van der Waals surface area contributed by atoms with Gasteiger partial charge in [-0.2, -0.15) is 0 Å². The Labute approximate surface area is 162 Å². The Morgan fingerprint density at radius 3 is 1.44 bits per heavy atom. The van der Waals surface area contributed by atoms with Gasteiger partial charge in [0.1, 0.15) is 19.8 Å². The first kappa shape index (κ1) is 21.7. The molecule has 0 aliphatic heterocycles. The molecule has 0 aromatic heterocycles. The van der Waals surface area contributed by atoms with E-state index in [0.717, 1.165) is 51.4 Å². The fourth-order valence-corrected chi connectivity index (χ4v) is 3.80. The number of esters is 3. The average Bonchev–Trinajstić information content (AvgIpc) is 2.70. The molecule has 6 heteroatoms. The zero-order valence-electron chi connectivity index (χ0n) is 16.8. The molecule has 2 fully saturated rings. The Morgan fingerprint density at radius 2 is 1.07 bits per heavy atom. The van der Waals surface area contributed by atoms with Crippen LogP contribution in [0.5, 0.6) is 0 Å². The molecule has 154 valence electrons. The van der Waals surface area contributed by atoms with Crippen molar-refractivity contribution in [3.05, 3.63) is 0 Å². The molecule has 2 saturated carbocycles. The summed E-state index contributed by atoms with van der Waals surface area (Å²) < 4.78 is 16.2. The topological polar surface area (TPSA) is 78.9 Å². The molecule has 2 aliphatic carbocycles. The van der Waals surface area contributed by atoms with Gasteiger partial charge in [-0.15, -0.1) is 0 Å². The van der Waals surface area contributed by atoms with Crippen molar-refractivity contribution in [1.82, 2.24) is 0 Å². The van der Waals surface area contributed by atoms with Crippen LogP contribution in [0.3, 0.4) is 0 Å². The molecule has 0 N–H and O–H groups in total. The quantitative estimate of drug-likeness (QED) is 0.469. The number of rotatable bonds is 8. The van der Waals surface area contributed by atoms with E-state index in [1.165, 1.54) is 19.8 Å². The summed E-state index contributed by atoms with van der Waals surface area (Å²) in [5.41, 5.74) is -0.736. The first-order valence-corrected chi connectivity index (χ1v) is 10.4. The third kappa shape index (κ3) is 7.51. The van der Waals surface area contributed by atoms with Gasteiger partial charge in [0.15, 0.2) is 0 Å². The van der Waals surface area contributed by atoms with Crippen LogP contribution in [0.1, 0.15) is 78.1 Å². The zero-order chi connectivity index (χ0) is 19.7. The van der Waals surface area contributed by atoms with Gasteiger partial charge in [0.2, 0.25) is 0 Å². The van der Waals surface area contributed by atoms with E-state index in [-0.39, 0.29) is 43.6 Å². The highest BCUT2D eigenvalue weighted by molar-refractivity contribution is 5.73. The highest BCUT2D eigenvalue weighted by Gasteiger charge is 2.33. The fourth-order valence-electron chi connectivity index (χ4n) is 3.80. The highest BCUT2D eigenvalue weighted by Crippen LogP contribution is 2.28. The summed E-state index contributed by atoms with van der Waals surface area (Å²) in [6, 6.07) is 0. The van der Waals surface area contributed by atoms with Crippen LogP contribution in [0.2, 0.25) is 0 Å². The van der Waals surface area contributed by atoms with Crippen molar-refractivity contribution < 1.29 is 28.6 Å². The van der Waals surface area contributed by atoms with Gasteiger partial charge in [0, 0.05) is 6.92 Å². The lowest BCUT2D eigenvalue weighted by Gasteiger charge is -2.30. The minimum absolute atomic E-state index is 0.0403. The standard InChI is InChI=1S/C21H34O6/c1-16(22)25-13-21(2,14-26-19(23)17-9-5-3-6-10-17)15-27-20(24)18-11-7-4-8-12-18/h17-18H,3-15H2,1-2H3. The lowest BCUT2D eigenvalue weighted by molar-refractivity contribution is -0.164. The van der Waals surface area contributed by atoms with Gasteiger partial charge in [-0.1, -0.05) is 38.5 Å². The van der Waals surface area contributed by atoms with Crippen molar-refractivity contribution in [2.24, 2.45) is 17.3 Å². The third-order valence-electron chi connectivity index (χ3n) is 5.63. The van der Waals surface area contributed by atoms with Gasteiger partial charge >= 0.3 is 17.9 Å². The molecule has 0 radical (unpaired) electrons. The molecule has 0 bridgehead atoms. The molecule has 2 aliphatic rings. The molecule has 0 saturated heterocycles. The minimum Gasteiger partial charge on any atom is -0.465 e. The van der Waals surface area contributed by atoms with Gasteiger partial charge in [-0.25, -0.2) is 0 Å². The monoisotopic (exact) mass is 382 g/mol. The smallest absolute Gasteiger partial charge is 0.308 e. The Balaban J connectivity index is 1.86. The SMILES string of the molecule is CC(=O)OCC(C)(COC(=O)C1CCCCC1)COC(=O)C1CCCCC1. The van der Waals surface area contributed by atoms with Crippen molar-refractivity contribution >= 4 is 17.9 Å². The number of hydrogen-bond donors (Lipinski definition) is 0. The molecule has 0 aromatic carbocycles. The summed E-state index contributed by atoms with van der Waals surface area (Å²) in [6.45, 7) is 3.36. The number of carbonyl (C=O) groups excluding carboxylic acids is 3. The Bertz CT molecular complexity index is 469. The summed E-state index contributed by atoms with van der Waals surface area (Å²) >= 11 is 0. The van der Waals surface area contributed by atoms with Crippen molar-refractivity contribution in [2.45, 2.75) is 78.1 Å². The maximum Gasteiger partial charge on any atom is 0.308 e. The molecule has 0 heterocycles. The van der Waals surface area contributed by atoms with E-state index >= 15 is 0 Å². The molecular weight excluding hydrogens is 348 g/mol. The van der Waals surface area contributed by atoms with Crippen LogP contribution in [-0.4, -0.2) is 37.7 Å². The second-order valence-electron chi connectivity index (χ2n) is 8.48. The maximum atomic E-state index is 12.3. The summed E-state index contributed by atoms with van der Waals surface area (Å²) in [5.74, 6) is -0.869. The average molecular weight is 382 g/mol. The minimum atomic E-state index is -0.736. The second-order valence-corrected chi connectivity index (χ2v) is 8.48. The van der Waals surface area contributed by atoms with E-state index in [9.17, 15) is 14.4 Å². The predicted molar refractivity (Wildman–Crippen MR) is 99.8 cm³/mol. The van der Waals surface area contributed by atoms with E-state index in [1.807, 2.05) is 6.92 Å². The van der Waals surface area contributed by atoms with Gasteiger partial charge in [-0.05, 0) is 32.6 Å². The van der Waals surface area contributed by atoms with E-state index in [0.29, 0.717) is 0 Å². The Morgan fingerprint density at radius 1 is 0.704 bits per heavy atom. The fraction of sp³-hybridized carbons (Fsp3) is 0.857. The summed E-state index contributed by atoms with van der Waals surface area (Å²) in [6.07, 6.45) is 10.1. The lowest BCUT2D eigenvalue weighted by Crippen LogP contribution is -2.38. The van der Waals surface area contributed by atoms with E-state index in [1.54, 1.807) is 0 Å². The zero-order valence-corrected chi connectivity index (χ0v) is 16.8. The van der Waals surface area contributed by atoms with Crippen LogP contribution in [0.4, 0.5) is 0 Å². The predicted octanol–water partition coefficient (Wildman–Crippen LogP) is 3.80. The molecule has 0 amide bonds. The number of hydrogen-bond acceptors (Lipinski definition) is 6. The summed E-state index contributed by atoms with van der Waals surface area (Å²) in [4.78, 5) is 35.9. The van der Waals surface area contributed by atoms with Crippen LogP contribution in [-0.2, 0) is 28.6 Å². The van der Waals surface area contributed by atoms with Crippen molar-refractivity contribution in [3.8, 4) is 0 Å². The Hall–Kier alpha value is -1.59. The van der Waals surface area contributed by atoms with Crippen molar-refractivity contribution in [2.75, 3.05) is 19.8 Å². The third-order valence-corrected chi connectivity index (χ3v) is 5.63. The number of carbonyl (C=O) groups is 3. The molecule has 0 spiro atoms. The first-order chi connectivity index (χ1) is 12.9. The van der Waals surface area contributed by atoms with E-state index in [4.69, 9.17) is 14.2 Å².